The van der Waals surface area contributed by atoms with Gasteiger partial charge in [-0.2, -0.15) is 11.3 Å². The summed E-state index contributed by atoms with van der Waals surface area (Å²) >= 11 is 3.51. The van der Waals surface area contributed by atoms with Gasteiger partial charge < -0.3 is 0 Å². The van der Waals surface area contributed by atoms with Gasteiger partial charge in [0.25, 0.3) is 0 Å². The summed E-state index contributed by atoms with van der Waals surface area (Å²) in [4.78, 5) is 5.93. The molecule has 0 fully saturated rings. The Morgan fingerprint density at radius 2 is 1.75 bits per heavy atom. The Morgan fingerprint density at radius 3 is 2.65 bits per heavy atom. The molecular weight excluding hydrogens is 282 g/mol. The van der Waals surface area contributed by atoms with Crippen molar-refractivity contribution >= 4 is 33.4 Å². The number of nitrogens with zero attached hydrogens (tertiary/aromatic N) is 1. The first-order chi connectivity index (χ1) is 9.93. The summed E-state index contributed by atoms with van der Waals surface area (Å²) in [6, 6.07) is 14.8. The molecule has 4 rings (SSSR count). The van der Waals surface area contributed by atoms with Gasteiger partial charge in [-0.3, -0.25) is 4.98 Å². The zero-order chi connectivity index (χ0) is 13.4. The van der Waals surface area contributed by atoms with Crippen molar-refractivity contribution in [2.24, 2.45) is 0 Å². The van der Waals surface area contributed by atoms with E-state index in [9.17, 15) is 0 Å². The van der Waals surface area contributed by atoms with Gasteiger partial charge in [0.1, 0.15) is 0 Å². The summed E-state index contributed by atoms with van der Waals surface area (Å²) in [5, 5.41) is 8.98. The van der Waals surface area contributed by atoms with Crippen molar-refractivity contribution < 1.29 is 0 Å². The number of pyridine rings is 1. The largest absolute Gasteiger partial charge is 0.256 e. The van der Waals surface area contributed by atoms with E-state index in [4.69, 9.17) is 0 Å². The topological polar surface area (TPSA) is 12.9 Å². The lowest BCUT2D eigenvalue weighted by Crippen LogP contribution is -1.85. The molecule has 0 aliphatic carbocycles. The zero-order valence-electron chi connectivity index (χ0n) is 10.6. The smallest absolute Gasteiger partial charge is 0.0795 e. The van der Waals surface area contributed by atoms with Crippen LogP contribution in [-0.2, 0) is 0 Å². The van der Waals surface area contributed by atoms with Crippen LogP contribution in [0.4, 0.5) is 0 Å². The molecule has 4 aromatic rings. The standard InChI is InChI=1S/C17H11NS2/c1-2-5-13-12(4-1)7-8-18-17(13)15-11-19-10-14(15)16-6-3-9-20-16/h1-11H. The van der Waals surface area contributed by atoms with Crippen molar-refractivity contribution in [3.63, 3.8) is 0 Å². The third-order valence-electron chi connectivity index (χ3n) is 3.38. The van der Waals surface area contributed by atoms with Crippen LogP contribution in [0.5, 0.6) is 0 Å². The Labute approximate surface area is 125 Å². The third kappa shape index (κ3) is 1.87. The van der Waals surface area contributed by atoms with Crippen LogP contribution in [0.2, 0.25) is 0 Å². The highest BCUT2D eigenvalue weighted by molar-refractivity contribution is 7.14. The van der Waals surface area contributed by atoms with Crippen molar-refractivity contribution in [1.82, 2.24) is 4.98 Å². The highest BCUT2D eigenvalue weighted by Gasteiger charge is 2.12. The quantitative estimate of drug-likeness (QED) is 0.462. The maximum absolute atomic E-state index is 4.63. The number of thiophene rings is 2. The van der Waals surface area contributed by atoms with Gasteiger partial charge in [-0.05, 0) is 22.9 Å². The van der Waals surface area contributed by atoms with Gasteiger partial charge in [-0.15, -0.1) is 11.3 Å². The minimum Gasteiger partial charge on any atom is -0.256 e. The van der Waals surface area contributed by atoms with E-state index in [-0.39, 0.29) is 0 Å². The van der Waals surface area contributed by atoms with Crippen molar-refractivity contribution in [1.29, 1.82) is 0 Å². The fourth-order valence-corrected chi connectivity index (χ4v) is 4.10. The van der Waals surface area contributed by atoms with Gasteiger partial charge in [0, 0.05) is 38.3 Å². The molecule has 3 aromatic heterocycles. The molecule has 0 saturated heterocycles. The molecule has 0 unspecified atom stereocenters. The first-order valence-electron chi connectivity index (χ1n) is 6.38. The molecule has 0 aliphatic heterocycles. The maximum Gasteiger partial charge on any atom is 0.0795 e. The number of hydrogen-bond donors (Lipinski definition) is 0. The molecule has 0 bridgehead atoms. The average Bonchev–Trinajstić information content (AvgIpc) is 3.17. The monoisotopic (exact) mass is 293 g/mol. The lowest BCUT2D eigenvalue weighted by Gasteiger charge is -2.06. The Balaban J connectivity index is 1.99. The molecule has 0 spiro atoms. The lowest BCUT2D eigenvalue weighted by molar-refractivity contribution is 1.36. The predicted molar refractivity (Wildman–Crippen MR) is 88.4 cm³/mol. The van der Waals surface area contributed by atoms with E-state index >= 15 is 0 Å². The zero-order valence-corrected chi connectivity index (χ0v) is 12.2. The Hall–Kier alpha value is -1.97. The highest BCUT2D eigenvalue weighted by atomic mass is 32.1. The van der Waals surface area contributed by atoms with Gasteiger partial charge in [0.05, 0.1) is 5.69 Å². The van der Waals surface area contributed by atoms with E-state index in [1.807, 2.05) is 6.20 Å². The first-order valence-corrected chi connectivity index (χ1v) is 8.20. The van der Waals surface area contributed by atoms with Crippen LogP contribution < -0.4 is 0 Å². The number of fused-ring (bicyclic) bond motifs is 1. The van der Waals surface area contributed by atoms with Crippen LogP contribution in [0, 0.1) is 0 Å². The maximum atomic E-state index is 4.63. The fraction of sp³-hybridized carbons (Fsp3) is 0. The molecule has 20 heavy (non-hydrogen) atoms. The highest BCUT2D eigenvalue weighted by Crippen LogP contribution is 2.38. The number of rotatable bonds is 2. The van der Waals surface area contributed by atoms with E-state index in [1.165, 1.54) is 26.8 Å². The van der Waals surface area contributed by atoms with E-state index in [0.717, 1.165) is 5.69 Å². The molecular formula is C17H11NS2. The van der Waals surface area contributed by atoms with Crippen LogP contribution in [-0.4, -0.2) is 4.98 Å². The average molecular weight is 293 g/mol. The van der Waals surface area contributed by atoms with Crippen molar-refractivity contribution in [3.05, 3.63) is 64.8 Å². The second-order valence-electron chi connectivity index (χ2n) is 4.56. The summed E-state index contributed by atoms with van der Waals surface area (Å²) in [7, 11) is 0. The molecule has 0 radical (unpaired) electrons. The van der Waals surface area contributed by atoms with E-state index in [2.05, 4.69) is 63.6 Å². The summed E-state index contributed by atoms with van der Waals surface area (Å²) < 4.78 is 0. The minimum atomic E-state index is 1.08. The van der Waals surface area contributed by atoms with Crippen molar-refractivity contribution in [2.45, 2.75) is 0 Å². The van der Waals surface area contributed by atoms with Gasteiger partial charge >= 0.3 is 0 Å². The summed E-state index contributed by atoms with van der Waals surface area (Å²) in [5.41, 5.74) is 3.59. The molecule has 0 amide bonds. The Bertz CT molecular complexity index is 854. The molecule has 0 N–H and O–H groups in total. The normalized spacial score (nSPS) is 11.0. The molecule has 1 nitrogen and oxygen atoms in total. The molecule has 0 aliphatic rings. The summed E-state index contributed by atoms with van der Waals surface area (Å²) in [6.45, 7) is 0. The molecule has 3 heteroatoms. The summed E-state index contributed by atoms with van der Waals surface area (Å²) in [5.74, 6) is 0. The van der Waals surface area contributed by atoms with Gasteiger partial charge in [0.2, 0.25) is 0 Å². The third-order valence-corrected chi connectivity index (χ3v) is 5.02. The van der Waals surface area contributed by atoms with Gasteiger partial charge in [-0.25, -0.2) is 0 Å². The second-order valence-corrected chi connectivity index (χ2v) is 6.25. The lowest BCUT2D eigenvalue weighted by atomic mass is 10.0. The van der Waals surface area contributed by atoms with Crippen LogP contribution in [0.25, 0.3) is 32.5 Å². The van der Waals surface area contributed by atoms with Crippen LogP contribution in [0.3, 0.4) is 0 Å². The second kappa shape index (κ2) is 4.85. The number of benzene rings is 1. The van der Waals surface area contributed by atoms with Gasteiger partial charge in [-0.1, -0.05) is 30.3 Å². The van der Waals surface area contributed by atoms with Crippen molar-refractivity contribution in [2.75, 3.05) is 0 Å². The predicted octanol–water partition coefficient (Wildman–Crippen LogP) is 5.69. The molecule has 96 valence electrons. The van der Waals surface area contributed by atoms with Crippen molar-refractivity contribution in [3.8, 4) is 21.7 Å². The molecule has 0 atom stereocenters. The van der Waals surface area contributed by atoms with E-state index in [0.29, 0.717) is 0 Å². The fourth-order valence-electron chi connectivity index (χ4n) is 2.44. The SMILES string of the molecule is c1csc(-c2cscc2-c2nccc3ccccc23)c1. The van der Waals surface area contributed by atoms with E-state index in [1.54, 1.807) is 22.7 Å². The Morgan fingerprint density at radius 1 is 0.850 bits per heavy atom. The van der Waals surface area contributed by atoms with E-state index < -0.39 is 0 Å². The number of hydrogen-bond acceptors (Lipinski definition) is 3. The Kier molecular flexibility index (Phi) is 2.87. The molecule has 3 heterocycles. The van der Waals surface area contributed by atoms with Gasteiger partial charge in [0.15, 0.2) is 0 Å². The van der Waals surface area contributed by atoms with Crippen LogP contribution in [0.1, 0.15) is 0 Å². The molecule has 0 saturated carbocycles. The summed E-state index contributed by atoms with van der Waals surface area (Å²) in [6.07, 6.45) is 1.90. The molecule has 1 aromatic carbocycles. The minimum absolute atomic E-state index is 1.08. The van der Waals surface area contributed by atoms with Crippen LogP contribution >= 0.6 is 22.7 Å². The number of aromatic nitrogens is 1. The van der Waals surface area contributed by atoms with Crippen LogP contribution in [0.15, 0.2) is 64.8 Å². The first kappa shape index (κ1) is 11.8.